The molecule has 0 atom stereocenters. The number of carbonyl (C=O) groups excluding carboxylic acids is 1. The highest BCUT2D eigenvalue weighted by atomic mass is 16.2. The SMILES string of the molecule is O=C(Cn1c(=O)c(=O)[nH]c2ccccc21)c1ccccc1. The van der Waals surface area contributed by atoms with Crippen LogP contribution in [-0.2, 0) is 6.54 Å². The van der Waals surface area contributed by atoms with Crippen LogP contribution in [0.1, 0.15) is 10.4 Å². The molecule has 5 heteroatoms. The predicted octanol–water partition coefficient (Wildman–Crippen LogP) is 1.57. The minimum absolute atomic E-state index is 0.159. The van der Waals surface area contributed by atoms with Gasteiger partial charge in [-0.15, -0.1) is 0 Å². The largest absolute Gasteiger partial charge is 0.317 e. The molecule has 0 unspecified atom stereocenters. The van der Waals surface area contributed by atoms with E-state index in [1.54, 1.807) is 48.5 Å². The molecule has 0 bridgehead atoms. The summed E-state index contributed by atoms with van der Waals surface area (Å²) in [4.78, 5) is 38.4. The van der Waals surface area contributed by atoms with Gasteiger partial charge in [0.15, 0.2) is 5.78 Å². The standard InChI is InChI=1S/C16H12N2O3/c19-14(11-6-2-1-3-7-11)10-18-13-9-5-4-8-12(13)17-15(20)16(18)21/h1-9H,10H2,(H,17,20). The van der Waals surface area contributed by atoms with Crippen LogP contribution in [-0.4, -0.2) is 15.3 Å². The van der Waals surface area contributed by atoms with Gasteiger partial charge in [0.2, 0.25) is 0 Å². The van der Waals surface area contributed by atoms with Crippen LogP contribution in [0, 0.1) is 0 Å². The van der Waals surface area contributed by atoms with Gasteiger partial charge in [0.1, 0.15) is 0 Å². The Labute approximate surface area is 119 Å². The van der Waals surface area contributed by atoms with Gasteiger partial charge in [0.25, 0.3) is 0 Å². The molecule has 3 aromatic rings. The topological polar surface area (TPSA) is 71.9 Å². The Bertz CT molecular complexity index is 923. The Hall–Kier alpha value is -2.95. The summed E-state index contributed by atoms with van der Waals surface area (Å²) in [7, 11) is 0. The lowest BCUT2D eigenvalue weighted by atomic mass is 10.1. The Morgan fingerprint density at radius 2 is 1.62 bits per heavy atom. The monoisotopic (exact) mass is 280 g/mol. The third kappa shape index (κ3) is 2.41. The third-order valence-corrected chi connectivity index (χ3v) is 3.28. The highest BCUT2D eigenvalue weighted by molar-refractivity contribution is 5.96. The van der Waals surface area contributed by atoms with Crippen LogP contribution >= 0.6 is 0 Å². The van der Waals surface area contributed by atoms with Gasteiger partial charge in [0.05, 0.1) is 17.6 Å². The highest BCUT2D eigenvalue weighted by Crippen LogP contribution is 2.09. The van der Waals surface area contributed by atoms with Gasteiger partial charge in [-0.1, -0.05) is 42.5 Å². The fourth-order valence-electron chi connectivity index (χ4n) is 2.24. The summed E-state index contributed by atoms with van der Waals surface area (Å²) in [6.45, 7) is -0.159. The van der Waals surface area contributed by atoms with Gasteiger partial charge in [-0.2, -0.15) is 0 Å². The quantitative estimate of drug-likeness (QED) is 0.584. The second kappa shape index (κ2) is 5.20. The zero-order valence-electron chi connectivity index (χ0n) is 11.1. The molecule has 2 aromatic carbocycles. The van der Waals surface area contributed by atoms with Crippen molar-refractivity contribution < 1.29 is 4.79 Å². The summed E-state index contributed by atoms with van der Waals surface area (Å²) in [5.41, 5.74) is 0.121. The van der Waals surface area contributed by atoms with Crippen LogP contribution in [0.4, 0.5) is 0 Å². The minimum atomic E-state index is -0.727. The van der Waals surface area contributed by atoms with Gasteiger partial charge in [-0.25, -0.2) is 0 Å². The second-order valence-corrected chi connectivity index (χ2v) is 4.65. The number of H-pyrrole nitrogens is 1. The molecular weight excluding hydrogens is 268 g/mol. The molecule has 104 valence electrons. The lowest BCUT2D eigenvalue weighted by Gasteiger charge is -2.08. The number of fused-ring (bicyclic) bond motifs is 1. The molecule has 21 heavy (non-hydrogen) atoms. The zero-order valence-corrected chi connectivity index (χ0v) is 11.1. The lowest BCUT2D eigenvalue weighted by Crippen LogP contribution is -2.37. The Kier molecular flexibility index (Phi) is 3.23. The van der Waals surface area contributed by atoms with Crippen molar-refractivity contribution in [3.63, 3.8) is 0 Å². The first kappa shape index (κ1) is 13.1. The number of rotatable bonds is 3. The molecule has 0 spiro atoms. The van der Waals surface area contributed by atoms with E-state index in [0.29, 0.717) is 16.6 Å². The zero-order chi connectivity index (χ0) is 14.8. The van der Waals surface area contributed by atoms with Crippen molar-refractivity contribution in [3.8, 4) is 0 Å². The van der Waals surface area contributed by atoms with Crippen LogP contribution in [0.25, 0.3) is 11.0 Å². The van der Waals surface area contributed by atoms with Crippen LogP contribution in [0.15, 0.2) is 64.2 Å². The van der Waals surface area contributed by atoms with E-state index in [1.165, 1.54) is 4.57 Å². The molecule has 0 fully saturated rings. The first-order valence-electron chi connectivity index (χ1n) is 6.47. The molecule has 3 rings (SSSR count). The summed E-state index contributed by atoms with van der Waals surface area (Å²) in [5.74, 6) is -0.214. The van der Waals surface area contributed by atoms with Crippen molar-refractivity contribution >= 4 is 16.8 Å². The van der Waals surface area contributed by atoms with Crippen molar-refractivity contribution in [2.75, 3.05) is 0 Å². The summed E-state index contributed by atoms with van der Waals surface area (Å²) in [5, 5.41) is 0. The molecule has 0 aliphatic carbocycles. The maximum absolute atomic E-state index is 12.2. The van der Waals surface area contributed by atoms with Gasteiger partial charge < -0.3 is 4.98 Å². The highest BCUT2D eigenvalue weighted by Gasteiger charge is 2.12. The number of aromatic amines is 1. The first-order chi connectivity index (χ1) is 10.2. The molecule has 0 radical (unpaired) electrons. The molecular formula is C16H12N2O3. The fraction of sp³-hybridized carbons (Fsp3) is 0.0625. The molecule has 0 aliphatic heterocycles. The molecule has 0 amide bonds. The number of ketones is 1. The molecule has 0 aliphatic rings. The number of hydrogen-bond acceptors (Lipinski definition) is 3. The molecule has 1 aromatic heterocycles. The molecule has 0 saturated heterocycles. The summed E-state index contributed by atoms with van der Waals surface area (Å²) < 4.78 is 1.21. The van der Waals surface area contributed by atoms with E-state index >= 15 is 0 Å². The summed E-state index contributed by atoms with van der Waals surface area (Å²) >= 11 is 0. The number of nitrogens with zero attached hydrogens (tertiary/aromatic N) is 1. The van der Waals surface area contributed by atoms with Crippen molar-refractivity contribution in [1.82, 2.24) is 9.55 Å². The minimum Gasteiger partial charge on any atom is -0.316 e. The van der Waals surface area contributed by atoms with Crippen LogP contribution in [0.3, 0.4) is 0 Å². The fourth-order valence-corrected chi connectivity index (χ4v) is 2.24. The van der Waals surface area contributed by atoms with E-state index in [9.17, 15) is 14.4 Å². The van der Waals surface area contributed by atoms with E-state index < -0.39 is 11.1 Å². The molecule has 1 N–H and O–H groups in total. The average Bonchev–Trinajstić information content (AvgIpc) is 2.52. The number of para-hydroxylation sites is 2. The van der Waals surface area contributed by atoms with Crippen molar-refractivity contribution in [2.45, 2.75) is 6.54 Å². The van der Waals surface area contributed by atoms with Crippen molar-refractivity contribution in [2.24, 2.45) is 0 Å². The number of aromatic nitrogens is 2. The first-order valence-corrected chi connectivity index (χ1v) is 6.47. The number of carbonyl (C=O) groups is 1. The molecule has 5 nitrogen and oxygen atoms in total. The molecule has 0 saturated carbocycles. The Morgan fingerprint density at radius 1 is 0.952 bits per heavy atom. The van der Waals surface area contributed by atoms with Gasteiger partial charge in [-0.05, 0) is 12.1 Å². The normalized spacial score (nSPS) is 10.7. The van der Waals surface area contributed by atoms with Crippen LogP contribution in [0.5, 0.6) is 0 Å². The maximum atomic E-state index is 12.2. The van der Waals surface area contributed by atoms with Crippen molar-refractivity contribution in [3.05, 3.63) is 80.9 Å². The smallest absolute Gasteiger partial charge is 0.316 e. The third-order valence-electron chi connectivity index (χ3n) is 3.28. The van der Waals surface area contributed by atoms with E-state index in [2.05, 4.69) is 4.98 Å². The van der Waals surface area contributed by atoms with Gasteiger partial charge in [0, 0.05) is 5.56 Å². The van der Waals surface area contributed by atoms with Crippen molar-refractivity contribution in [1.29, 1.82) is 0 Å². The number of nitrogens with one attached hydrogen (secondary N) is 1. The predicted molar refractivity (Wildman–Crippen MR) is 79.6 cm³/mol. The Balaban J connectivity index is 2.13. The van der Waals surface area contributed by atoms with Gasteiger partial charge >= 0.3 is 11.1 Å². The van der Waals surface area contributed by atoms with E-state index in [4.69, 9.17) is 0 Å². The number of hydrogen-bond donors (Lipinski definition) is 1. The van der Waals surface area contributed by atoms with E-state index in [1.807, 2.05) is 6.07 Å². The number of Topliss-reactive ketones (excluding diaryl/α,β-unsaturated/α-hetero) is 1. The average molecular weight is 280 g/mol. The Morgan fingerprint density at radius 3 is 2.38 bits per heavy atom. The van der Waals surface area contributed by atoms with Crippen LogP contribution < -0.4 is 11.1 Å². The maximum Gasteiger partial charge on any atom is 0.317 e. The number of benzene rings is 2. The van der Waals surface area contributed by atoms with Gasteiger partial charge in [-0.3, -0.25) is 19.0 Å². The molecule has 1 heterocycles. The summed E-state index contributed by atoms with van der Waals surface area (Å²) in [6.07, 6.45) is 0. The lowest BCUT2D eigenvalue weighted by molar-refractivity contribution is 0.0972. The van der Waals surface area contributed by atoms with E-state index in [-0.39, 0.29) is 12.3 Å². The van der Waals surface area contributed by atoms with Crippen LogP contribution in [0.2, 0.25) is 0 Å². The second-order valence-electron chi connectivity index (χ2n) is 4.65. The van der Waals surface area contributed by atoms with E-state index in [0.717, 1.165) is 0 Å². The summed E-state index contributed by atoms with van der Waals surface area (Å²) in [6, 6.07) is 15.6.